The van der Waals surface area contributed by atoms with Gasteiger partial charge in [-0.15, -0.1) is 11.3 Å². The summed E-state index contributed by atoms with van der Waals surface area (Å²) in [6, 6.07) is 3.71. The van der Waals surface area contributed by atoms with E-state index >= 15 is 0 Å². The number of aliphatic imine (C=N–C) groups is 1. The quantitative estimate of drug-likeness (QED) is 0.767. The van der Waals surface area contributed by atoms with Gasteiger partial charge in [-0.05, 0) is 11.4 Å². The fraction of sp³-hybridized carbons (Fsp3) is 0.375. The number of nitrogens with zero attached hydrogens (tertiary/aromatic N) is 3. The number of piperazine rings is 1. The van der Waals surface area contributed by atoms with E-state index in [2.05, 4.69) is 9.89 Å². The highest BCUT2D eigenvalue weighted by molar-refractivity contribution is 7.12. The minimum atomic E-state index is -0.452. The standard InChI is InChI=1S/C16H17N3O3S/c20-13(14-2-1-9-23-14)11-18-5-7-19(8-6-18)16(22)12-3-4-15(21)17-10-12/h1-4,9-10,12H,5-8,11H2. The van der Waals surface area contributed by atoms with Crippen LogP contribution < -0.4 is 0 Å². The summed E-state index contributed by atoms with van der Waals surface area (Å²) in [5, 5.41) is 1.90. The third-order valence-electron chi connectivity index (χ3n) is 3.94. The second-order valence-electron chi connectivity index (χ2n) is 5.50. The third kappa shape index (κ3) is 3.80. The fourth-order valence-corrected chi connectivity index (χ4v) is 3.29. The van der Waals surface area contributed by atoms with Crippen molar-refractivity contribution in [2.75, 3.05) is 32.7 Å². The average molecular weight is 331 g/mol. The molecule has 1 aromatic rings. The van der Waals surface area contributed by atoms with Crippen LogP contribution in [0.5, 0.6) is 0 Å². The van der Waals surface area contributed by atoms with Crippen molar-refractivity contribution in [3.05, 3.63) is 34.5 Å². The summed E-state index contributed by atoms with van der Waals surface area (Å²) in [4.78, 5) is 43.7. The number of Topliss-reactive ketones (excluding diaryl/α,β-unsaturated/α-hetero) is 1. The zero-order valence-electron chi connectivity index (χ0n) is 12.6. The molecule has 2 amide bonds. The minimum Gasteiger partial charge on any atom is -0.339 e. The Morgan fingerprint density at radius 3 is 2.65 bits per heavy atom. The number of carbonyl (C=O) groups excluding carboxylic acids is 3. The van der Waals surface area contributed by atoms with Gasteiger partial charge in [0.1, 0.15) is 0 Å². The van der Waals surface area contributed by atoms with Crippen molar-refractivity contribution in [3.63, 3.8) is 0 Å². The molecule has 3 rings (SSSR count). The zero-order chi connectivity index (χ0) is 16.2. The summed E-state index contributed by atoms with van der Waals surface area (Å²) < 4.78 is 0. The molecule has 7 heteroatoms. The molecular weight excluding hydrogens is 314 g/mol. The number of hydrogen-bond acceptors (Lipinski definition) is 5. The maximum absolute atomic E-state index is 12.4. The fourth-order valence-electron chi connectivity index (χ4n) is 2.63. The van der Waals surface area contributed by atoms with Crippen LogP contribution in [0.25, 0.3) is 0 Å². The van der Waals surface area contributed by atoms with E-state index in [0.29, 0.717) is 32.7 Å². The number of amides is 2. The summed E-state index contributed by atoms with van der Waals surface area (Å²) in [6.07, 6.45) is 4.32. The van der Waals surface area contributed by atoms with Crippen LogP contribution in [0.15, 0.2) is 34.7 Å². The van der Waals surface area contributed by atoms with Crippen molar-refractivity contribution in [1.29, 1.82) is 0 Å². The van der Waals surface area contributed by atoms with Crippen LogP contribution in [0.1, 0.15) is 9.67 Å². The van der Waals surface area contributed by atoms with Gasteiger partial charge in [0.25, 0.3) is 5.91 Å². The van der Waals surface area contributed by atoms with Crippen molar-refractivity contribution in [1.82, 2.24) is 9.80 Å². The predicted molar refractivity (Wildman–Crippen MR) is 87.8 cm³/mol. The van der Waals surface area contributed by atoms with Crippen LogP contribution in [-0.2, 0) is 9.59 Å². The predicted octanol–water partition coefficient (Wildman–Crippen LogP) is 0.858. The SMILES string of the molecule is O=C1C=CC(C(=O)N2CCN(CC(=O)c3cccs3)CC2)C=N1. The smallest absolute Gasteiger partial charge is 0.269 e. The maximum atomic E-state index is 12.4. The highest BCUT2D eigenvalue weighted by Gasteiger charge is 2.27. The van der Waals surface area contributed by atoms with Crippen LogP contribution >= 0.6 is 11.3 Å². The lowest BCUT2D eigenvalue weighted by atomic mass is 10.1. The van der Waals surface area contributed by atoms with Gasteiger partial charge >= 0.3 is 0 Å². The van der Waals surface area contributed by atoms with E-state index in [9.17, 15) is 14.4 Å². The van der Waals surface area contributed by atoms with Crippen molar-refractivity contribution in [2.24, 2.45) is 10.9 Å². The van der Waals surface area contributed by atoms with Crippen molar-refractivity contribution >= 4 is 35.1 Å². The summed E-state index contributed by atoms with van der Waals surface area (Å²) >= 11 is 1.45. The van der Waals surface area contributed by atoms with Crippen LogP contribution in [0.2, 0.25) is 0 Å². The van der Waals surface area contributed by atoms with Gasteiger partial charge in [-0.2, -0.15) is 0 Å². The normalized spacial score (nSPS) is 21.7. The minimum absolute atomic E-state index is 0.0401. The highest BCUT2D eigenvalue weighted by Crippen LogP contribution is 2.13. The number of ketones is 1. The van der Waals surface area contributed by atoms with Gasteiger partial charge in [-0.1, -0.05) is 12.1 Å². The maximum Gasteiger partial charge on any atom is 0.269 e. The number of dihydropyridines is 1. The third-order valence-corrected chi connectivity index (χ3v) is 4.85. The van der Waals surface area contributed by atoms with Gasteiger partial charge in [-0.25, -0.2) is 4.99 Å². The molecular formula is C16H17N3O3S. The van der Waals surface area contributed by atoms with E-state index in [1.54, 1.807) is 11.0 Å². The molecule has 0 N–H and O–H groups in total. The Kier molecular flexibility index (Phi) is 4.78. The Morgan fingerprint density at radius 1 is 1.26 bits per heavy atom. The van der Waals surface area contributed by atoms with E-state index in [4.69, 9.17) is 0 Å². The van der Waals surface area contributed by atoms with Crippen LogP contribution in [-0.4, -0.2) is 66.3 Å². The molecule has 0 aromatic carbocycles. The Morgan fingerprint density at radius 2 is 2.04 bits per heavy atom. The van der Waals surface area contributed by atoms with Crippen molar-refractivity contribution < 1.29 is 14.4 Å². The Bertz CT molecular complexity index is 642. The Hall–Kier alpha value is -2.12. The van der Waals surface area contributed by atoms with Gasteiger partial charge in [0.15, 0.2) is 5.78 Å². The molecule has 1 fully saturated rings. The molecule has 0 aliphatic carbocycles. The zero-order valence-corrected chi connectivity index (χ0v) is 13.4. The molecule has 23 heavy (non-hydrogen) atoms. The topological polar surface area (TPSA) is 70.1 Å². The van der Waals surface area contributed by atoms with E-state index in [1.807, 2.05) is 17.5 Å². The first kappa shape index (κ1) is 15.8. The second kappa shape index (κ2) is 6.97. The first-order valence-electron chi connectivity index (χ1n) is 7.47. The molecule has 1 aromatic heterocycles. The Balaban J connectivity index is 1.49. The Labute approximate surface area is 138 Å². The van der Waals surface area contributed by atoms with Gasteiger partial charge < -0.3 is 4.90 Å². The van der Waals surface area contributed by atoms with E-state index in [-0.39, 0.29) is 17.6 Å². The lowest BCUT2D eigenvalue weighted by molar-refractivity contribution is -0.133. The lowest BCUT2D eigenvalue weighted by Crippen LogP contribution is -2.51. The van der Waals surface area contributed by atoms with E-state index in [0.717, 1.165) is 4.88 Å². The first-order chi connectivity index (χ1) is 11.1. The molecule has 3 heterocycles. The molecule has 2 aliphatic heterocycles. The summed E-state index contributed by atoms with van der Waals surface area (Å²) in [6.45, 7) is 2.91. The molecule has 120 valence electrons. The molecule has 1 unspecified atom stereocenters. The summed E-state index contributed by atoms with van der Waals surface area (Å²) in [5.41, 5.74) is 0. The number of hydrogen-bond donors (Lipinski definition) is 0. The summed E-state index contributed by atoms with van der Waals surface area (Å²) in [5.74, 6) is -0.694. The molecule has 1 saturated heterocycles. The molecule has 0 bridgehead atoms. The molecule has 6 nitrogen and oxygen atoms in total. The molecule has 0 saturated carbocycles. The van der Waals surface area contributed by atoms with Gasteiger partial charge in [0, 0.05) is 38.5 Å². The molecule has 0 radical (unpaired) electrons. The van der Waals surface area contributed by atoms with Gasteiger partial charge in [0.05, 0.1) is 17.3 Å². The van der Waals surface area contributed by atoms with Gasteiger partial charge in [-0.3, -0.25) is 19.3 Å². The second-order valence-corrected chi connectivity index (χ2v) is 6.45. The molecule has 1 atom stereocenters. The van der Waals surface area contributed by atoms with Crippen molar-refractivity contribution in [3.8, 4) is 0 Å². The van der Waals surface area contributed by atoms with E-state index < -0.39 is 5.92 Å². The molecule has 0 spiro atoms. The van der Waals surface area contributed by atoms with Crippen LogP contribution in [0.4, 0.5) is 0 Å². The first-order valence-corrected chi connectivity index (χ1v) is 8.35. The molecule has 2 aliphatic rings. The monoisotopic (exact) mass is 331 g/mol. The van der Waals surface area contributed by atoms with E-state index in [1.165, 1.54) is 23.6 Å². The van der Waals surface area contributed by atoms with Crippen LogP contribution in [0.3, 0.4) is 0 Å². The van der Waals surface area contributed by atoms with Crippen LogP contribution in [0, 0.1) is 5.92 Å². The van der Waals surface area contributed by atoms with Gasteiger partial charge in [0.2, 0.25) is 5.91 Å². The van der Waals surface area contributed by atoms with Crippen molar-refractivity contribution in [2.45, 2.75) is 0 Å². The number of thiophene rings is 1. The lowest BCUT2D eigenvalue weighted by Gasteiger charge is -2.35. The summed E-state index contributed by atoms with van der Waals surface area (Å²) in [7, 11) is 0. The average Bonchev–Trinajstić information content (AvgIpc) is 3.10. The highest BCUT2D eigenvalue weighted by atomic mass is 32.1. The largest absolute Gasteiger partial charge is 0.339 e. The number of carbonyl (C=O) groups is 3. The number of rotatable bonds is 4.